The molecule has 1 heterocycles. The Morgan fingerprint density at radius 2 is 2.21 bits per heavy atom. The summed E-state index contributed by atoms with van der Waals surface area (Å²) in [4.78, 5) is 0. The highest BCUT2D eigenvalue weighted by molar-refractivity contribution is 5.47. The molecule has 0 spiro atoms. The largest absolute Gasteiger partial charge is 0.398 e. The van der Waals surface area contributed by atoms with Crippen LogP contribution < -0.4 is 5.73 Å². The molecule has 2 N–H and O–H groups in total. The van der Waals surface area contributed by atoms with Crippen molar-refractivity contribution >= 4 is 5.69 Å². The van der Waals surface area contributed by atoms with Gasteiger partial charge in [0, 0.05) is 23.6 Å². The van der Waals surface area contributed by atoms with Crippen LogP contribution >= 0.6 is 0 Å². The number of rotatable bonds is 2. The first-order chi connectivity index (χ1) is 6.77. The summed E-state index contributed by atoms with van der Waals surface area (Å²) in [5.41, 5.74) is 6.60. The van der Waals surface area contributed by atoms with E-state index in [1.165, 1.54) is 6.07 Å². The van der Waals surface area contributed by atoms with Crippen molar-refractivity contribution in [3.63, 3.8) is 0 Å². The molecule has 0 atom stereocenters. The molecule has 0 aliphatic rings. The summed E-state index contributed by atoms with van der Waals surface area (Å²) in [6.07, 6.45) is 3.42. The van der Waals surface area contributed by atoms with Crippen LogP contribution in [-0.4, -0.2) is 9.78 Å². The molecule has 14 heavy (non-hydrogen) atoms. The van der Waals surface area contributed by atoms with Crippen LogP contribution in [0, 0.1) is 5.82 Å². The number of nitrogen functional groups attached to an aromatic ring is 1. The minimum absolute atomic E-state index is 0.291. The van der Waals surface area contributed by atoms with Gasteiger partial charge < -0.3 is 5.73 Å². The van der Waals surface area contributed by atoms with Crippen molar-refractivity contribution in [1.29, 1.82) is 0 Å². The molecule has 1 aromatic carbocycles. The Labute approximate surface area is 81.0 Å². The lowest BCUT2D eigenvalue weighted by Crippen LogP contribution is -2.05. The van der Waals surface area contributed by atoms with E-state index in [2.05, 4.69) is 5.10 Å². The number of nitrogens with two attached hydrogens (primary N) is 1. The van der Waals surface area contributed by atoms with Crippen molar-refractivity contribution in [3.8, 4) is 0 Å². The van der Waals surface area contributed by atoms with Crippen LogP contribution in [0.25, 0.3) is 0 Å². The second kappa shape index (κ2) is 3.49. The Morgan fingerprint density at radius 3 is 2.86 bits per heavy atom. The smallest absolute Gasteiger partial charge is 0.130 e. The minimum Gasteiger partial charge on any atom is -0.398 e. The monoisotopic (exact) mass is 191 g/mol. The minimum atomic E-state index is -0.291. The van der Waals surface area contributed by atoms with Gasteiger partial charge in [-0.25, -0.2) is 4.39 Å². The molecule has 0 bridgehead atoms. The molecule has 2 rings (SSSR count). The van der Waals surface area contributed by atoms with Gasteiger partial charge in [0.2, 0.25) is 0 Å². The summed E-state index contributed by atoms with van der Waals surface area (Å²) >= 11 is 0. The molecule has 3 nitrogen and oxygen atoms in total. The predicted molar refractivity (Wildman–Crippen MR) is 52.1 cm³/mol. The average molecular weight is 191 g/mol. The summed E-state index contributed by atoms with van der Waals surface area (Å²) in [5, 5.41) is 3.99. The summed E-state index contributed by atoms with van der Waals surface area (Å²) in [5.74, 6) is -0.291. The number of anilines is 1. The van der Waals surface area contributed by atoms with Gasteiger partial charge in [0.25, 0.3) is 0 Å². The van der Waals surface area contributed by atoms with Gasteiger partial charge in [0.05, 0.1) is 6.54 Å². The molecule has 4 heteroatoms. The molecule has 0 fully saturated rings. The zero-order chi connectivity index (χ0) is 9.97. The van der Waals surface area contributed by atoms with Gasteiger partial charge in [0.15, 0.2) is 0 Å². The maximum Gasteiger partial charge on any atom is 0.130 e. The van der Waals surface area contributed by atoms with Gasteiger partial charge in [-0.15, -0.1) is 0 Å². The van der Waals surface area contributed by atoms with Crippen LogP contribution in [0.1, 0.15) is 5.56 Å². The molecule has 0 radical (unpaired) electrons. The van der Waals surface area contributed by atoms with Crippen LogP contribution in [0.15, 0.2) is 36.7 Å². The molecule has 0 aliphatic heterocycles. The topological polar surface area (TPSA) is 43.8 Å². The number of hydrogen-bond donors (Lipinski definition) is 1. The molecular formula is C10H10FN3. The second-order valence-electron chi connectivity index (χ2n) is 3.01. The van der Waals surface area contributed by atoms with E-state index in [1.54, 1.807) is 35.3 Å². The SMILES string of the molecule is Nc1cccc(F)c1Cn1cccn1. The molecule has 0 saturated heterocycles. The van der Waals surface area contributed by atoms with Crippen LogP contribution in [0.5, 0.6) is 0 Å². The number of nitrogens with zero attached hydrogens (tertiary/aromatic N) is 2. The Hall–Kier alpha value is -1.84. The van der Waals surface area contributed by atoms with Crippen molar-refractivity contribution in [2.75, 3.05) is 5.73 Å². The van der Waals surface area contributed by atoms with E-state index >= 15 is 0 Å². The van der Waals surface area contributed by atoms with Gasteiger partial charge in [-0.1, -0.05) is 6.07 Å². The fraction of sp³-hybridized carbons (Fsp3) is 0.100. The number of aromatic nitrogens is 2. The second-order valence-corrected chi connectivity index (χ2v) is 3.01. The summed E-state index contributed by atoms with van der Waals surface area (Å²) in [6, 6.07) is 6.46. The lowest BCUT2D eigenvalue weighted by molar-refractivity contribution is 0.587. The molecule has 1 aromatic heterocycles. The van der Waals surface area contributed by atoms with E-state index in [-0.39, 0.29) is 5.82 Å². The Bertz CT molecular complexity index is 403. The third kappa shape index (κ3) is 1.59. The highest BCUT2D eigenvalue weighted by atomic mass is 19.1. The molecule has 2 aromatic rings. The summed E-state index contributed by atoms with van der Waals surface area (Å²) in [6.45, 7) is 0.367. The quantitative estimate of drug-likeness (QED) is 0.733. The van der Waals surface area contributed by atoms with Crippen molar-refractivity contribution in [1.82, 2.24) is 9.78 Å². The number of halogens is 1. The lowest BCUT2D eigenvalue weighted by atomic mass is 10.1. The van der Waals surface area contributed by atoms with Crippen LogP contribution in [0.3, 0.4) is 0 Å². The first-order valence-electron chi connectivity index (χ1n) is 4.27. The molecule has 0 unspecified atom stereocenters. The standard InChI is InChI=1S/C10H10FN3/c11-9-3-1-4-10(12)8(9)7-14-6-2-5-13-14/h1-6H,7,12H2. The molecule has 72 valence electrons. The zero-order valence-corrected chi connectivity index (χ0v) is 7.52. The van der Waals surface area contributed by atoms with E-state index in [4.69, 9.17) is 5.73 Å². The van der Waals surface area contributed by atoms with Crippen molar-refractivity contribution < 1.29 is 4.39 Å². The fourth-order valence-corrected chi connectivity index (χ4v) is 1.30. The van der Waals surface area contributed by atoms with Gasteiger partial charge in [0.1, 0.15) is 5.82 Å². The molecule has 0 saturated carbocycles. The highest BCUT2D eigenvalue weighted by Crippen LogP contribution is 2.16. The van der Waals surface area contributed by atoms with E-state index in [0.717, 1.165) is 0 Å². The molecule has 0 amide bonds. The number of hydrogen-bond acceptors (Lipinski definition) is 2. The van der Waals surface area contributed by atoms with E-state index < -0.39 is 0 Å². The zero-order valence-electron chi connectivity index (χ0n) is 7.52. The predicted octanol–water partition coefficient (Wildman–Crippen LogP) is 1.65. The van der Waals surface area contributed by atoms with Gasteiger partial charge in [-0.05, 0) is 18.2 Å². The van der Waals surface area contributed by atoms with Crippen molar-refractivity contribution in [3.05, 3.63) is 48.0 Å². The van der Waals surface area contributed by atoms with Gasteiger partial charge >= 0.3 is 0 Å². The van der Waals surface area contributed by atoms with Crippen LogP contribution in [0.2, 0.25) is 0 Å². The summed E-state index contributed by atoms with van der Waals surface area (Å²) < 4.78 is 15.0. The van der Waals surface area contributed by atoms with Crippen LogP contribution in [0.4, 0.5) is 10.1 Å². The molecular weight excluding hydrogens is 181 g/mol. The Kier molecular flexibility index (Phi) is 2.18. The third-order valence-corrected chi connectivity index (χ3v) is 2.03. The van der Waals surface area contributed by atoms with E-state index in [9.17, 15) is 4.39 Å². The maximum absolute atomic E-state index is 13.3. The number of benzene rings is 1. The van der Waals surface area contributed by atoms with Gasteiger partial charge in [-0.3, -0.25) is 4.68 Å². The highest BCUT2D eigenvalue weighted by Gasteiger charge is 2.06. The maximum atomic E-state index is 13.3. The van der Waals surface area contributed by atoms with Crippen molar-refractivity contribution in [2.24, 2.45) is 0 Å². The van der Waals surface area contributed by atoms with E-state index in [0.29, 0.717) is 17.8 Å². The first-order valence-corrected chi connectivity index (χ1v) is 4.27. The Morgan fingerprint density at radius 1 is 1.36 bits per heavy atom. The lowest BCUT2D eigenvalue weighted by Gasteiger charge is -2.06. The van der Waals surface area contributed by atoms with E-state index in [1.807, 2.05) is 0 Å². The third-order valence-electron chi connectivity index (χ3n) is 2.03. The van der Waals surface area contributed by atoms with Crippen molar-refractivity contribution in [2.45, 2.75) is 6.54 Å². The van der Waals surface area contributed by atoms with Gasteiger partial charge in [-0.2, -0.15) is 5.10 Å². The average Bonchev–Trinajstić information content (AvgIpc) is 2.64. The Balaban J connectivity index is 2.33. The summed E-state index contributed by atoms with van der Waals surface area (Å²) in [7, 11) is 0. The first kappa shape index (κ1) is 8.74. The molecule has 0 aliphatic carbocycles. The fourth-order valence-electron chi connectivity index (χ4n) is 1.30. The normalized spacial score (nSPS) is 10.4. The van der Waals surface area contributed by atoms with Crippen LogP contribution in [-0.2, 0) is 6.54 Å².